The first-order valence-electron chi connectivity index (χ1n) is 5.18. The smallest absolute Gasteiger partial charge is 0.163 e. The maximum absolute atomic E-state index is 8.79. The van der Waals surface area contributed by atoms with E-state index in [-0.39, 0.29) is 0 Å². The van der Waals surface area contributed by atoms with Crippen molar-refractivity contribution in [3.8, 4) is 6.07 Å². The average Bonchev–Trinajstić information content (AvgIpc) is 2.29. The van der Waals surface area contributed by atoms with E-state index in [1.807, 2.05) is 12.1 Å². The molecule has 4 nitrogen and oxygen atoms in total. The lowest BCUT2D eigenvalue weighted by Crippen LogP contribution is -2.23. The van der Waals surface area contributed by atoms with Crippen LogP contribution in [0.4, 0.5) is 5.69 Å². The number of aromatic nitrogens is 1. The van der Waals surface area contributed by atoms with Crippen molar-refractivity contribution in [2.45, 2.75) is 13.3 Å². The van der Waals surface area contributed by atoms with Crippen molar-refractivity contribution < 1.29 is 0 Å². The zero-order valence-corrected chi connectivity index (χ0v) is 8.95. The molecule has 1 heterocycles. The molecule has 1 aromatic rings. The topological polar surface area (TPSA) is 60.7 Å². The molecule has 1 rings (SSSR count). The third kappa shape index (κ3) is 3.96. The Morgan fingerprint density at radius 1 is 1.40 bits per heavy atom. The third-order valence-corrected chi connectivity index (χ3v) is 1.96. The summed E-state index contributed by atoms with van der Waals surface area (Å²) in [4.78, 5) is 3.97. The van der Waals surface area contributed by atoms with Gasteiger partial charge in [-0.1, -0.05) is 6.92 Å². The van der Waals surface area contributed by atoms with Gasteiger partial charge in [-0.05, 0) is 25.1 Å². The molecule has 2 N–H and O–H groups in total. The van der Waals surface area contributed by atoms with Crippen LogP contribution < -0.4 is 10.6 Å². The molecule has 1 aromatic heterocycles. The van der Waals surface area contributed by atoms with Crippen molar-refractivity contribution in [3.05, 3.63) is 24.0 Å². The minimum atomic E-state index is 0.452. The average molecular weight is 204 g/mol. The molecule has 0 bridgehead atoms. The van der Waals surface area contributed by atoms with Crippen LogP contribution in [-0.2, 0) is 0 Å². The highest BCUT2D eigenvalue weighted by molar-refractivity contribution is 5.53. The lowest BCUT2D eigenvalue weighted by molar-refractivity contribution is 0.687. The van der Waals surface area contributed by atoms with Gasteiger partial charge in [-0.2, -0.15) is 5.26 Å². The molecule has 0 aliphatic heterocycles. The van der Waals surface area contributed by atoms with Crippen molar-refractivity contribution >= 4 is 5.69 Å². The summed E-state index contributed by atoms with van der Waals surface area (Å²) in [6.45, 7) is 4.86. The molecule has 0 saturated heterocycles. The van der Waals surface area contributed by atoms with Crippen LogP contribution in [0.1, 0.15) is 19.0 Å². The predicted octanol–water partition coefficient (Wildman–Crippen LogP) is 1.36. The highest BCUT2D eigenvalue weighted by atomic mass is 15.0. The summed E-state index contributed by atoms with van der Waals surface area (Å²) in [5, 5.41) is 15.2. The van der Waals surface area contributed by atoms with E-state index in [9.17, 15) is 0 Å². The Hall–Kier alpha value is -1.60. The number of hydrogen-bond donors (Lipinski definition) is 2. The van der Waals surface area contributed by atoms with Gasteiger partial charge in [0.2, 0.25) is 0 Å². The van der Waals surface area contributed by atoms with E-state index < -0.39 is 0 Å². The number of nitrogens with zero attached hydrogens (tertiary/aromatic N) is 2. The molecule has 0 aliphatic rings. The molecule has 0 radical (unpaired) electrons. The second kappa shape index (κ2) is 6.80. The number of rotatable bonds is 6. The van der Waals surface area contributed by atoms with Gasteiger partial charge in [0.1, 0.15) is 6.07 Å². The fraction of sp³-hybridized carbons (Fsp3) is 0.455. The maximum Gasteiger partial charge on any atom is 0.163 e. The van der Waals surface area contributed by atoms with Crippen LogP contribution >= 0.6 is 0 Å². The Morgan fingerprint density at radius 3 is 3.00 bits per heavy atom. The van der Waals surface area contributed by atoms with Crippen molar-refractivity contribution in [1.29, 1.82) is 5.26 Å². The quantitative estimate of drug-likeness (QED) is 0.687. The summed E-state index contributed by atoms with van der Waals surface area (Å²) in [5.41, 5.74) is 1.26. The Balaban J connectivity index is 2.34. The zero-order valence-electron chi connectivity index (χ0n) is 8.95. The van der Waals surface area contributed by atoms with Gasteiger partial charge >= 0.3 is 0 Å². The highest BCUT2D eigenvalue weighted by Crippen LogP contribution is 2.09. The molecular formula is C11H16N4. The molecule has 0 unspecified atom stereocenters. The van der Waals surface area contributed by atoms with Gasteiger partial charge in [0.15, 0.2) is 5.69 Å². The van der Waals surface area contributed by atoms with Gasteiger partial charge in [0.05, 0.1) is 5.69 Å². The minimum absolute atomic E-state index is 0.452. The van der Waals surface area contributed by atoms with Crippen LogP contribution in [0.2, 0.25) is 0 Å². The first kappa shape index (κ1) is 11.5. The van der Waals surface area contributed by atoms with E-state index in [0.29, 0.717) is 5.69 Å². The van der Waals surface area contributed by atoms with E-state index in [1.54, 1.807) is 6.20 Å². The SMILES string of the molecule is CCCNCCNc1cccnc1C#N. The molecule has 80 valence electrons. The summed E-state index contributed by atoms with van der Waals surface area (Å²) in [7, 11) is 0. The summed E-state index contributed by atoms with van der Waals surface area (Å²) >= 11 is 0. The van der Waals surface area contributed by atoms with Crippen molar-refractivity contribution in [3.63, 3.8) is 0 Å². The molecule has 0 atom stereocenters. The largest absolute Gasteiger partial charge is 0.381 e. The Labute approximate surface area is 90.3 Å². The second-order valence-corrected chi connectivity index (χ2v) is 3.19. The van der Waals surface area contributed by atoms with Crippen molar-refractivity contribution in [2.75, 3.05) is 25.0 Å². The van der Waals surface area contributed by atoms with Crippen LogP contribution in [0.5, 0.6) is 0 Å². The van der Waals surface area contributed by atoms with Crippen LogP contribution in [0.3, 0.4) is 0 Å². The Bertz CT molecular complexity index is 330. The van der Waals surface area contributed by atoms with Crippen molar-refractivity contribution in [2.24, 2.45) is 0 Å². The van der Waals surface area contributed by atoms with Gasteiger partial charge in [-0.15, -0.1) is 0 Å². The van der Waals surface area contributed by atoms with E-state index in [4.69, 9.17) is 5.26 Å². The first-order valence-corrected chi connectivity index (χ1v) is 5.18. The Kier molecular flexibility index (Phi) is 5.20. The van der Waals surface area contributed by atoms with Crippen LogP contribution in [0.25, 0.3) is 0 Å². The summed E-state index contributed by atoms with van der Waals surface area (Å²) in [6.07, 6.45) is 2.76. The molecular weight excluding hydrogens is 188 g/mol. The first-order chi connectivity index (χ1) is 7.38. The lowest BCUT2D eigenvalue weighted by atomic mass is 10.3. The minimum Gasteiger partial charge on any atom is -0.381 e. The fourth-order valence-corrected chi connectivity index (χ4v) is 1.22. The second-order valence-electron chi connectivity index (χ2n) is 3.19. The van der Waals surface area contributed by atoms with Crippen LogP contribution in [-0.4, -0.2) is 24.6 Å². The summed E-state index contributed by atoms with van der Waals surface area (Å²) in [5.74, 6) is 0. The molecule has 0 fully saturated rings. The van der Waals surface area contributed by atoms with E-state index in [1.165, 1.54) is 0 Å². The monoisotopic (exact) mass is 204 g/mol. The fourth-order valence-electron chi connectivity index (χ4n) is 1.22. The van der Waals surface area contributed by atoms with Gasteiger partial charge in [0.25, 0.3) is 0 Å². The van der Waals surface area contributed by atoms with Crippen LogP contribution in [0.15, 0.2) is 18.3 Å². The summed E-state index contributed by atoms with van der Waals surface area (Å²) in [6, 6.07) is 5.74. The number of nitriles is 1. The van der Waals surface area contributed by atoms with Crippen LogP contribution in [0, 0.1) is 11.3 Å². The maximum atomic E-state index is 8.79. The van der Waals surface area contributed by atoms with Crippen molar-refractivity contribution in [1.82, 2.24) is 10.3 Å². The highest BCUT2D eigenvalue weighted by Gasteiger charge is 1.99. The predicted molar refractivity (Wildman–Crippen MR) is 60.6 cm³/mol. The number of pyridine rings is 1. The van der Waals surface area contributed by atoms with Gasteiger partial charge < -0.3 is 10.6 Å². The van der Waals surface area contributed by atoms with Gasteiger partial charge in [-0.3, -0.25) is 0 Å². The van der Waals surface area contributed by atoms with E-state index in [0.717, 1.165) is 31.7 Å². The summed E-state index contributed by atoms with van der Waals surface area (Å²) < 4.78 is 0. The standard InChI is InChI=1S/C11H16N4/c1-2-5-13-7-8-15-10-4-3-6-14-11(10)9-12/h3-4,6,13,15H,2,5,7-8H2,1H3. The molecule has 15 heavy (non-hydrogen) atoms. The molecule has 4 heteroatoms. The molecule has 0 aliphatic carbocycles. The molecule has 0 saturated carbocycles. The molecule has 0 aromatic carbocycles. The zero-order chi connectivity index (χ0) is 10.9. The Morgan fingerprint density at radius 2 is 2.27 bits per heavy atom. The van der Waals surface area contributed by atoms with Gasteiger partial charge in [0, 0.05) is 19.3 Å². The number of hydrogen-bond acceptors (Lipinski definition) is 4. The van der Waals surface area contributed by atoms with E-state index >= 15 is 0 Å². The molecule has 0 spiro atoms. The number of anilines is 1. The third-order valence-electron chi connectivity index (χ3n) is 1.96. The number of nitrogens with one attached hydrogen (secondary N) is 2. The van der Waals surface area contributed by atoms with Gasteiger partial charge in [-0.25, -0.2) is 4.98 Å². The van der Waals surface area contributed by atoms with E-state index in [2.05, 4.69) is 28.6 Å². The lowest BCUT2D eigenvalue weighted by Gasteiger charge is -2.07. The normalized spacial score (nSPS) is 9.60. The molecule has 0 amide bonds.